The fourth-order valence-corrected chi connectivity index (χ4v) is 2.12. The minimum absolute atomic E-state index is 0.0238. The first kappa shape index (κ1) is 11.3. The summed E-state index contributed by atoms with van der Waals surface area (Å²) in [7, 11) is 1.64. The van der Waals surface area contributed by atoms with Crippen LogP contribution in [-0.4, -0.2) is 25.9 Å². The lowest BCUT2D eigenvalue weighted by atomic mass is 10.1. The van der Waals surface area contributed by atoms with Gasteiger partial charge in [-0.2, -0.15) is 0 Å². The Morgan fingerprint density at radius 3 is 3.06 bits per heavy atom. The van der Waals surface area contributed by atoms with Crippen LogP contribution in [0, 0.1) is 0 Å². The second kappa shape index (κ2) is 4.74. The Hall–Kier alpha value is -1.23. The van der Waals surface area contributed by atoms with Crippen LogP contribution in [0.25, 0.3) is 0 Å². The highest BCUT2D eigenvalue weighted by molar-refractivity contribution is 9.10. The molecule has 1 aromatic carbocycles. The Morgan fingerprint density at radius 2 is 2.44 bits per heavy atom. The highest BCUT2D eigenvalue weighted by Crippen LogP contribution is 2.24. The number of carbonyl (C=O) groups is 1. The van der Waals surface area contributed by atoms with Crippen molar-refractivity contribution in [3.8, 4) is 5.75 Å². The fourth-order valence-electron chi connectivity index (χ4n) is 1.71. The van der Waals surface area contributed by atoms with Gasteiger partial charge in [-0.05, 0) is 30.2 Å². The number of hydrogen-bond acceptors (Lipinski definition) is 3. The molecule has 1 aromatic rings. The van der Waals surface area contributed by atoms with Crippen molar-refractivity contribution >= 4 is 22.0 Å². The number of rotatable bonds is 3. The first-order valence-electron chi connectivity index (χ1n) is 4.95. The molecule has 1 amide bonds. The molecule has 1 atom stereocenters. The molecule has 4 nitrogen and oxygen atoms in total. The largest absolute Gasteiger partial charge is 0.496 e. The van der Waals surface area contributed by atoms with E-state index in [9.17, 15) is 4.79 Å². The molecule has 0 radical (unpaired) electrons. The summed E-state index contributed by atoms with van der Waals surface area (Å²) in [4.78, 5) is 10.9. The molecule has 86 valence electrons. The van der Waals surface area contributed by atoms with Crippen molar-refractivity contribution in [1.29, 1.82) is 0 Å². The Morgan fingerprint density at radius 1 is 1.62 bits per heavy atom. The Balaban J connectivity index is 2.13. The normalized spacial score (nSPS) is 19.1. The SMILES string of the molecule is COc1ccc(Br)cc1CC1COC(=O)N1. The van der Waals surface area contributed by atoms with E-state index >= 15 is 0 Å². The Labute approximate surface area is 102 Å². The van der Waals surface area contributed by atoms with Gasteiger partial charge in [-0.1, -0.05) is 15.9 Å². The van der Waals surface area contributed by atoms with Crippen LogP contribution in [0.3, 0.4) is 0 Å². The van der Waals surface area contributed by atoms with E-state index < -0.39 is 0 Å². The summed E-state index contributed by atoms with van der Waals surface area (Å²) in [5, 5.41) is 2.74. The van der Waals surface area contributed by atoms with Gasteiger partial charge in [0.1, 0.15) is 12.4 Å². The highest BCUT2D eigenvalue weighted by Gasteiger charge is 2.23. The average molecular weight is 286 g/mol. The van der Waals surface area contributed by atoms with E-state index in [4.69, 9.17) is 9.47 Å². The average Bonchev–Trinajstić information content (AvgIpc) is 2.64. The second-order valence-electron chi connectivity index (χ2n) is 3.60. The molecule has 0 bridgehead atoms. The monoisotopic (exact) mass is 285 g/mol. The van der Waals surface area contributed by atoms with Crippen molar-refractivity contribution in [2.45, 2.75) is 12.5 Å². The van der Waals surface area contributed by atoms with Crippen LogP contribution < -0.4 is 10.1 Å². The van der Waals surface area contributed by atoms with Crippen molar-refractivity contribution in [2.24, 2.45) is 0 Å². The van der Waals surface area contributed by atoms with E-state index in [0.717, 1.165) is 15.8 Å². The minimum Gasteiger partial charge on any atom is -0.496 e. The van der Waals surface area contributed by atoms with Gasteiger partial charge >= 0.3 is 6.09 Å². The number of amides is 1. The molecule has 2 rings (SSSR count). The van der Waals surface area contributed by atoms with E-state index in [1.807, 2.05) is 18.2 Å². The summed E-state index contributed by atoms with van der Waals surface area (Å²) in [5.41, 5.74) is 1.05. The molecule has 0 aromatic heterocycles. The van der Waals surface area contributed by atoms with Gasteiger partial charge in [0.15, 0.2) is 0 Å². The molecule has 1 N–H and O–H groups in total. The van der Waals surface area contributed by atoms with Crippen molar-refractivity contribution in [1.82, 2.24) is 5.32 Å². The maximum atomic E-state index is 10.9. The third-order valence-electron chi connectivity index (χ3n) is 2.45. The summed E-state index contributed by atoms with van der Waals surface area (Å²) in [6, 6.07) is 5.84. The predicted octanol–water partition coefficient (Wildman–Crippen LogP) is 2.11. The topological polar surface area (TPSA) is 47.6 Å². The van der Waals surface area contributed by atoms with Crippen LogP contribution in [0.5, 0.6) is 5.75 Å². The number of halogens is 1. The molecule has 1 saturated heterocycles. The molecule has 1 fully saturated rings. The van der Waals surface area contributed by atoms with Crippen molar-refractivity contribution in [3.05, 3.63) is 28.2 Å². The second-order valence-corrected chi connectivity index (χ2v) is 4.52. The first-order chi connectivity index (χ1) is 7.69. The molecular formula is C11H12BrNO3. The maximum absolute atomic E-state index is 10.9. The zero-order valence-corrected chi connectivity index (χ0v) is 10.4. The summed E-state index contributed by atoms with van der Waals surface area (Å²) >= 11 is 3.41. The van der Waals surface area contributed by atoms with Crippen molar-refractivity contribution in [3.63, 3.8) is 0 Å². The number of cyclic esters (lactones) is 1. The smallest absolute Gasteiger partial charge is 0.407 e. The summed E-state index contributed by atoms with van der Waals surface area (Å²) in [6.45, 7) is 0.411. The van der Waals surface area contributed by atoms with Gasteiger partial charge in [0.2, 0.25) is 0 Å². The molecule has 1 aliphatic heterocycles. The van der Waals surface area contributed by atoms with Crippen LogP contribution in [0.2, 0.25) is 0 Å². The molecule has 1 heterocycles. The molecular weight excluding hydrogens is 274 g/mol. The highest BCUT2D eigenvalue weighted by atomic mass is 79.9. The minimum atomic E-state index is -0.348. The molecule has 0 spiro atoms. The van der Waals surface area contributed by atoms with Gasteiger partial charge in [0, 0.05) is 4.47 Å². The number of benzene rings is 1. The third kappa shape index (κ3) is 2.47. The fraction of sp³-hybridized carbons (Fsp3) is 0.364. The summed E-state index contributed by atoms with van der Waals surface area (Å²) < 4.78 is 11.1. The maximum Gasteiger partial charge on any atom is 0.407 e. The predicted molar refractivity (Wildman–Crippen MR) is 62.7 cm³/mol. The van der Waals surface area contributed by atoms with Crippen molar-refractivity contribution in [2.75, 3.05) is 13.7 Å². The van der Waals surface area contributed by atoms with E-state index in [2.05, 4.69) is 21.2 Å². The Kier molecular flexibility index (Phi) is 3.33. The zero-order valence-electron chi connectivity index (χ0n) is 8.83. The van der Waals surface area contributed by atoms with Crippen molar-refractivity contribution < 1.29 is 14.3 Å². The molecule has 16 heavy (non-hydrogen) atoms. The van der Waals surface area contributed by atoms with Crippen LogP contribution in [0.4, 0.5) is 4.79 Å². The zero-order chi connectivity index (χ0) is 11.5. The molecule has 0 saturated carbocycles. The summed E-state index contributed by atoms with van der Waals surface area (Å²) in [6.07, 6.45) is 0.355. The van der Waals surface area contributed by atoms with E-state index in [0.29, 0.717) is 13.0 Å². The number of carbonyl (C=O) groups excluding carboxylic acids is 1. The van der Waals surface area contributed by atoms with E-state index in [1.54, 1.807) is 7.11 Å². The number of alkyl carbamates (subject to hydrolysis) is 1. The summed E-state index contributed by atoms with van der Waals surface area (Å²) in [5.74, 6) is 0.823. The van der Waals surface area contributed by atoms with Crippen LogP contribution >= 0.6 is 15.9 Å². The van der Waals surface area contributed by atoms with Gasteiger partial charge in [0.05, 0.1) is 13.2 Å². The van der Waals surface area contributed by atoms with Gasteiger partial charge in [-0.15, -0.1) is 0 Å². The van der Waals surface area contributed by atoms with Gasteiger partial charge in [-0.3, -0.25) is 0 Å². The lowest BCUT2D eigenvalue weighted by Gasteiger charge is -2.11. The quantitative estimate of drug-likeness (QED) is 0.925. The number of nitrogens with one attached hydrogen (secondary N) is 1. The number of hydrogen-bond donors (Lipinski definition) is 1. The third-order valence-corrected chi connectivity index (χ3v) is 2.94. The van der Waals surface area contributed by atoms with Gasteiger partial charge in [-0.25, -0.2) is 4.79 Å². The lowest BCUT2D eigenvalue weighted by molar-refractivity contribution is 0.177. The standard InChI is InChI=1S/C11H12BrNO3/c1-15-10-3-2-8(12)4-7(10)5-9-6-16-11(14)13-9/h2-4,9H,5-6H2,1H3,(H,13,14). The van der Waals surface area contributed by atoms with Crippen LogP contribution in [-0.2, 0) is 11.2 Å². The number of ether oxygens (including phenoxy) is 2. The first-order valence-corrected chi connectivity index (χ1v) is 5.74. The van der Waals surface area contributed by atoms with Crippen LogP contribution in [0.1, 0.15) is 5.56 Å². The van der Waals surface area contributed by atoms with E-state index in [-0.39, 0.29) is 12.1 Å². The number of methoxy groups -OCH3 is 1. The Bertz CT molecular complexity index is 408. The molecule has 1 aliphatic rings. The molecule has 0 aliphatic carbocycles. The van der Waals surface area contributed by atoms with Crippen LogP contribution in [0.15, 0.2) is 22.7 Å². The van der Waals surface area contributed by atoms with E-state index in [1.165, 1.54) is 0 Å². The molecule has 5 heteroatoms. The molecule has 1 unspecified atom stereocenters. The lowest BCUT2D eigenvalue weighted by Crippen LogP contribution is -2.28. The van der Waals surface area contributed by atoms with Gasteiger partial charge in [0.25, 0.3) is 0 Å². The van der Waals surface area contributed by atoms with Gasteiger partial charge < -0.3 is 14.8 Å².